The minimum absolute atomic E-state index is 0.0776. The van der Waals surface area contributed by atoms with Crippen molar-refractivity contribution >= 4 is 52.5 Å². The summed E-state index contributed by atoms with van der Waals surface area (Å²) in [7, 11) is 0. The first kappa shape index (κ1) is 26.7. The molecule has 2 aromatic rings. The van der Waals surface area contributed by atoms with Crippen molar-refractivity contribution in [2.24, 2.45) is 0 Å². The van der Waals surface area contributed by atoms with Crippen LogP contribution in [0.15, 0.2) is 12.1 Å². The van der Waals surface area contributed by atoms with E-state index < -0.39 is 0 Å². The van der Waals surface area contributed by atoms with Gasteiger partial charge in [0, 0.05) is 50.8 Å². The molecule has 2 aliphatic heterocycles. The Morgan fingerprint density at radius 2 is 1.74 bits per heavy atom. The average molecular weight is 563 g/mol. The van der Waals surface area contributed by atoms with Gasteiger partial charge in [-0.1, -0.05) is 30.1 Å². The Hall–Kier alpha value is -2.89. The standard InChI is InChI=1S/C25H33Cl2N9O2/c1-2-15-13-35(23-20(27)32-19(22(29)33-23)24(37)30-14-3-4-14)11-12-36(15)16-7-9-34(10-8-16)25(38)17-5-6-18(26)31-21(17)28/h5-6,14-16H,2-4,7-13H2,1H3,(H2,28,31)(H2,29,33)(H,30,37)/t15-/m0/s1. The smallest absolute Gasteiger partial charge is 0.274 e. The Labute approximate surface area is 231 Å². The Kier molecular flexibility index (Phi) is 7.78. The summed E-state index contributed by atoms with van der Waals surface area (Å²) in [6, 6.07) is 4.07. The number of piperidine rings is 1. The molecular weight excluding hydrogens is 529 g/mol. The van der Waals surface area contributed by atoms with Crippen LogP contribution in [0.5, 0.6) is 0 Å². The van der Waals surface area contributed by atoms with Gasteiger partial charge in [0.15, 0.2) is 22.5 Å². The van der Waals surface area contributed by atoms with Gasteiger partial charge in [-0.05, 0) is 44.2 Å². The normalized spacial score (nSPS) is 21.0. The molecule has 2 saturated heterocycles. The van der Waals surface area contributed by atoms with Gasteiger partial charge in [-0.3, -0.25) is 14.5 Å². The van der Waals surface area contributed by atoms with E-state index in [-0.39, 0.29) is 51.5 Å². The third-order valence-electron chi connectivity index (χ3n) is 7.63. The highest BCUT2D eigenvalue weighted by molar-refractivity contribution is 6.32. The molecule has 5 rings (SSSR count). The van der Waals surface area contributed by atoms with Crippen molar-refractivity contribution in [3.63, 3.8) is 0 Å². The molecule has 0 spiro atoms. The maximum Gasteiger partial charge on any atom is 0.274 e. The molecule has 3 aliphatic rings. The molecule has 1 saturated carbocycles. The monoisotopic (exact) mass is 561 g/mol. The van der Waals surface area contributed by atoms with Crippen LogP contribution in [-0.4, -0.2) is 87.4 Å². The molecule has 0 unspecified atom stereocenters. The summed E-state index contributed by atoms with van der Waals surface area (Å²) in [5, 5.41) is 3.34. The van der Waals surface area contributed by atoms with Crippen LogP contribution in [0, 0.1) is 0 Å². The average Bonchev–Trinajstić information content (AvgIpc) is 3.73. The number of hydrogen-bond donors (Lipinski definition) is 3. The number of piperazine rings is 1. The lowest BCUT2D eigenvalue weighted by atomic mass is 9.97. The molecule has 11 nitrogen and oxygen atoms in total. The summed E-state index contributed by atoms with van der Waals surface area (Å²) in [4.78, 5) is 44.7. The van der Waals surface area contributed by atoms with Gasteiger partial charge in [0.1, 0.15) is 11.0 Å². The molecule has 2 aromatic heterocycles. The number of anilines is 3. The summed E-state index contributed by atoms with van der Waals surface area (Å²) in [5.74, 6) is 0.321. The molecule has 38 heavy (non-hydrogen) atoms. The van der Waals surface area contributed by atoms with Gasteiger partial charge in [0.2, 0.25) is 0 Å². The van der Waals surface area contributed by atoms with Gasteiger partial charge in [-0.2, -0.15) is 0 Å². The molecular formula is C25H33Cl2N9O2. The second kappa shape index (κ2) is 11.1. The number of likely N-dealkylation sites (tertiary alicyclic amines) is 1. The highest BCUT2D eigenvalue weighted by Gasteiger charge is 2.36. The highest BCUT2D eigenvalue weighted by atomic mass is 35.5. The van der Waals surface area contributed by atoms with E-state index in [1.807, 2.05) is 4.90 Å². The Morgan fingerprint density at radius 1 is 1.00 bits per heavy atom. The zero-order chi connectivity index (χ0) is 27.0. The van der Waals surface area contributed by atoms with Gasteiger partial charge < -0.3 is 26.6 Å². The number of nitrogens with one attached hydrogen (secondary N) is 1. The molecule has 0 radical (unpaired) electrons. The Bertz CT molecular complexity index is 1220. The number of carbonyl (C=O) groups excluding carboxylic acids is 2. The lowest BCUT2D eigenvalue weighted by Gasteiger charge is -2.47. The van der Waals surface area contributed by atoms with Crippen LogP contribution in [0.2, 0.25) is 10.3 Å². The number of pyridine rings is 1. The third-order valence-corrected chi connectivity index (χ3v) is 8.10. The van der Waals surface area contributed by atoms with E-state index in [2.05, 4.69) is 37.0 Å². The number of rotatable bonds is 6. The fraction of sp³-hybridized carbons (Fsp3) is 0.560. The summed E-state index contributed by atoms with van der Waals surface area (Å²) >= 11 is 12.4. The molecule has 5 N–H and O–H groups in total. The van der Waals surface area contributed by atoms with Crippen molar-refractivity contribution in [2.45, 2.75) is 57.2 Å². The van der Waals surface area contributed by atoms with E-state index in [0.717, 1.165) is 45.2 Å². The fourth-order valence-electron chi connectivity index (χ4n) is 5.38. The fourth-order valence-corrected chi connectivity index (χ4v) is 5.78. The van der Waals surface area contributed by atoms with Crippen molar-refractivity contribution in [3.8, 4) is 0 Å². The van der Waals surface area contributed by atoms with Crippen LogP contribution >= 0.6 is 23.2 Å². The van der Waals surface area contributed by atoms with E-state index in [1.165, 1.54) is 0 Å². The van der Waals surface area contributed by atoms with E-state index in [0.29, 0.717) is 37.1 Å². The predicted molar refractivity (Wildman–Crippen MR) is 148 cm³/mol. The van der Waals surface area contributed by atoms with Crippen LogP contribution in [0.25, 0.3) is 0 Å². The number of aromatic nitrogens is 3. The third kappa shape index (κ3) is 5.60. The summed E-state index contributed by atoms with van der Waals surface area (Å²) in [6.07, 6.45) is 4.64. The van der Waals surface area contributed by atoms with Crippen molar-refractivity contribution < 1.29 is 9.59 Å². The van der Waals surface area contributed by atoms with Crippen LogP contribution < -0.4 is 21.7 Å². The van der Waals surface area contributed by atoms with Crippen molar-refractivity contribution in [1.29, 1.82) is 0 Å². The highest BCUT2D eigenvalue weighted by Crippen LogP contribution is 2.30. The number of nitrogen functional groups attached to an aromatic ring is 2. The van der Waals surface area contributed by atoms with Gasteiger partial charge in [-0.15, -0.1) is 0 Å². The van der Waals surface area contributed by atoms with Crippen LogP contribution in [-0.2, 0) is 0 Å². The van der Waals surface area contributed by atoms with E-state index >= 15 is 0 Å². The maximum atomic E-state index is 13.0. The predicted octanol–water partition coefficient (Wildman–Crippen LogP) is 2.44. The second-order valence-corrected chi connectivity index (χ2v) is 10.9. The molecule has 204 valence electrons. The molecule has 4 heterocycles. The minimum atomic E-state index is -0.331. The van der Waals surface area contributed by atoms with Gasteiger partial charge in [0.05, 0.1) is 5.56 Å². The summed E-state index contributed by atoms with van der Waals surface area (Å²) < 4.78 is 0. The first-order valence-electron chi connectivity index (χ1n) is 13.1. The van der Waals surface area contributed by atoms with Crippen molar-refractivity contribution in [2.75, 3.05) is 49.1 Å². The molecule has 1 aliphatic carbocycles. The zero-order valence-corrected chi connectivity index (χ0v) is 22.9. The molecule has 13 heteroatoms. The Balaban J connectivity index is 1.21. The zero-order valence-electron chi connectivity index (χ0n) is 21.4. The largest absolute Gasteiger partial charge is 0.383 e. The first-order chi connectivity index (χ1) is 18.2. The number of halogens is 2. The van der Waals surface area contributed by atoms with E-state index in [1.54, 1.807) is 12.1 Å². The van der Waals surface area contributed by atoms with Crippen molar-refractivity contribution in [1.82, 2.24) is 30.1 Å². The summed E-state index contributed by atoms with van der Waals surface area (Å²) in [5.41, 5.74) is 12.5. The van der Waals surface area contributed by atoms with Crippen LogP contribution in [0.1, 0.15) is 59.9 Å². The number of carbonyl (C=O) groups is 2. The lowest BCUT2D eigenvalue weighted by Crippen LogP contribution is -2.58. The molecule has 3 fully saturated rings. The van der Waals surface area contributed by atoms with Crippen LogP contribution in [0.3, 0.4) is 0 Å². The molecule has 1 atom stereocenters. The first-order valence-corrected chi connectivity index (χ1v) is 13.9. The summed E-state index contributed by atoms with van der Waals surface area (Å²) in [6.45, 7) is 5.74. The second-order valence-electron chi connectivity index (χ2n) is 10.2. The SMILES string of the molecule is CC[C@H]1CN(c2nc(N)c(C(=O)NC3CC3)nc2Cl)CCN1C1CCN(C(=O)c2ccc(Cl)nc2N)CC1. The van der Waals surface area contributed by atoms with Crippen LogP contribution in [0.4, 0.5) is 17.5 Å². The number of hydrogen-bond acceptors (Lipinski definition) is 9. The van der Waals surface area contributed by atoms with E-state index in [4.69, 9.17) is 34.7 Å². The molecule has 0 bridgehead atoms. The van der Waals surface area contributed by atoms with Gasteiger partial charge in [-0.25, -0.2) is 15.0 Å². The van der Waals surface area contributed by atoms with Gasteiger partial charge in [0.25, 0.3) is 11.8 Å². The van der Waals surface area contributed by atoms with Gasteiger partial charge >= 0.3 is 0 Å². The molecule has 2 amide bonds. The Morgan fingerprint density at radius 3 is 2.39 bits per heavy atom. The number of nitrogens with zero attached hydrogens (tertiary/aromatic N) is 6. The van der Waals surface area contributed by atoms with Crippen molar-refractivity contribution in [3.05, 3.63) is 33.7 Å². The quantitative estimate of drug-likeness (QED) is 0.452. The number of amides is 2. The van der Waals surface area contributed by atoms with E-state index in [9.17, 15) is 9.59 Å². The topological polar surface area (TPSA) is 147 Å². The molecule has 0 aromatic carbocycles. The number of nitrogens with two attached hydrogens (primary N) is 2. The lowest BCUT2D eigenvalue weighted by molar-refractivity contribution is 0.0491. The maximum absolute atomic E-state index is 13.0. The minimum Gasteiger partial charge on any atom is -0.383 e.